The highest BCUT2D eigenvalue weighted by atomic mass is 16.4. The molecular formula is C17H13NO4. The second-order valence-corrected chi connectivity index (χ2v) is 5.05. The number of hydrogen-bond donors (Lipinski definition) is 3. The van der Waals surface area contributed by atoms with Crippen LogP contribution in [0.3, 0.4) is 0 Å². The van der Waals surface area contributed by atoms with Gasteiger partial charge in [-0.3, -0.25) is 4.79 Å². The first kappa shape index (κ1) is 13.9. The number of fused-ring (bicyclic) bond motifs is 3. The van der Waals surface area contributed by atoms with Gasteiger partial charge in [0, 0.05) is 17.8 Å². The Kier molecular flexibility index (Phi) is 3.39. The Labute approximate surface area is 126 Å². The van der Waals surface area contributed by atoms with Gasteiger partial charge in [-0.15, -0.1) is 0 Å². The largest absolute Gasteiger partial charge is 0.508 e. The number of carboxylic acid groups (broad SMARTS) is 1. The minimum absolute atomic E-state index is 0.235. The smallest absolute Gasteiger partial charge is 0.328 e. The average Bonchev–Trinajstić information content (AvgIpc) is 2.81. The lowest BCUT2D eigenvalue weighted by Crippen LogP contribution is -2.08. The topological polar surface area (TPSA) is 86.6 Å². The monoisotopic (exact) mass is 295 g/mol. The number of aromatic hydroxyl groups is 1. The maximum Gasteiger partial charge on any atom is 0.328 e. The van der Waals surface area contributed by atoms with Crippen molar-refractivity contribution in [3.8, 4) is 16.9 Å². The Balaban J connectivity index is 1.82. The predicted octanol–water partition coefficient (Wildman–Crippen LogP) is 2.54. The predicted molar refractivity (Wildman–Crippen MR) is 81.8 cm³/mol. The first-order valence-corrected chi connectivity index (χ1v) is 6.70. The van der Waals surface area contributed by atoms with E-state index in [1.54, 1.807) is 18.2 Å². The Bertz CT molecular complexity index is 808. The van der Waals surface area contributed by atoms with E-state index in [9.17, 15) is 14.7 Å². The second kappa shape index (κ2) is 5.37. The second-order valence-electron chi connectivity index (χ2n) is 5.05. The minimum atomic E-state index is -1.17. The highest BCUT2D eigenvalue weighted by Gasteiger charge is 2.19. The van der Waals surface area contributed by atoms with E-state index in [1.165, 1.54) is 0 Å². The molecule has 1 aliphatic carbocycles. The van der Waals surface area contributed by atoms with Gasteiger partial charge in [0.05, 0.1) is 0 Å². The summed E-state index contributed by atoms with van der Waals surface area (Å²) in [6, 6.07) is 10.8. The van der Waals surface area contributed by atoms with Gasteiger partial charge in [0.2, 0.25) is 5.91 Å². The molecule has 5 nitrogen and oxygen atoms in total. The third kappa shape index (κ3) is 2.69. The first-order chi connectivity index (χ1) is 10.5. The lowest BCUT2D eigenvalue weighted by Gasteiger charge is -2.05. The molecule has 1 amide bonds. The third-order valence-electron chi connectivity index (χ3n) is 3.51. The van der Waals surface area contributed by atoms with Crippen molar-refractivity contribution < 1.29 is 19.8 Å². The molecule has 0 bridgehead atoms. The fraction of sp³-hybridized carbons (Fsp3) is 0.0588. The number of amides is 1. The van der Waals surface area contributed by atoms with Gasteiger partial charge < -0.3 is 15.5 Å². The highest BCUT2D eigenvalue weighted by Crippen LogP contribution is 2.39. The molecule has 0 saturated heterocycles. The zero-order valence-corrected chi connectivity index (χ0v) is 11.5. The van der Waals surface area contributed by atoms with Gasteiger partial charge in [-0.05, 0) is 52.9 Å². The van der Waals surface area contributed by atoms with E-state index in [0.29, 0.717) is 12.1 Å². The molecule has 0 unspecified atom stereocenters. The van der Waals surface area contributed by atoms with E-state index in [1.807, 2.05) is 18.2 Å². The molecule has 2 aromatic rings. The number of aliphatic carboxylic acids is 1. The fourth-order valence-electron chi connectivity index (χ4n) is 2.61. The van der Waals surface area contributed by atoms with Gasteiger partial charge >= 0.3 is 5.97 Å². The molecule has 0 aliphatic heterocycles. The van der Waals surface area contributed by atoms with Crippen LogP contribution in [0.15, 0.2) is 48.6 Å². The fourth-order valence-corrected chi connectivity index (χ4v) is 2.61. The molecule has 0 saturated carbocycles. The number of phenolic OH excluding ortho intramolecular Hbond substituents is 1. The molecule has 22 heavy (non-hydrogen) atoms. The van der Waals surface area contributed by atoms with Crippen molar-refractivity contribution in [2.45, 2.75) is 6.42 Å². The Morgan fingerprint density at radius 2 is 1.68 bits per heavy atom. The molecular weight excluding hydrogens is 282 g/mol. The Morgan fingerprint density at radius 1 is 1.00 bits per heavy atom. The molecule has 0 atom stereocenters. The van der Waals surface area contributed by atoms with Crippen molar-refractivity contribution in [2.24, 2.45) is 0 Å². The molecule has 110 valence electrons. The quantitative estimate of drug-likeness (QED) is 0.648. The van der Waals surface area contributed by atoms with Crippen LogP contribution in [0.1, 0.15) is 11.1 Å². The van der Waals surface area contributed by atoms with Crippen molar-refractivity contribution in [1.82, 2.24) is 0 Å². The zero-order valence-electron chi connectivity index (χ0n) is 11.5. The molecule has 0 radical (unpaired) electrons. The van der Waals surface area contributed by atoms with Crippen molar-refractivity contribution >= 4 is 17.6 Å². The summed E-state index contributed by atoms with van der Waals surface area (Å²) >= 11 is 0. The number of carbonyl (C=O) groups excluding carboxylic acids is 1. The number of carboxylic acids is 1. The minimum Gasteiger partial charge on any atom is -0.508 e. The number of carbonyl (C=O) groups is 2. The summed E-state index contributed by atoms with van der Waals surface area (Å²) in [7, 11) is 0. The summed E-state index contributed by atoms with van der Waals surface area (Å²) in [6.07, 6.45) is 2.46. The van der Waals surface area contributed by atoms with E-state index in [-0.39, 0.29) is 5.75 Å². The summed E-state index contributed by atoms with van der Waals surface area (Å²) in [5, 5.41) is 20.7. The number of hydrogen-bond acceptors (Lipinski definition) is 3. The average molecular weight is 295 g/mol. The van der Waals surface area contributed by atoms with Crippen molar-refractivity contribution in [2.75, 3.05) is 5.32 Å². The summed E-state index contributed by atoms with van der Waals surface area (Å²) in [5.41, 5.74) is 4.87. The van der Waals surface area contributed by atoms with E-state index in [2.05, 4.69) is 5.32 Å². The Hall–Kier alpha value is -3.08. The Morgan fingerprint density at radius 3 is 2.41 bits per heavy atom. The van der Waals surface area contributed by atoms with Crippen molar-refractivity contribution in [3.05, 3.63) is 59.7 Å². The summed E-state index contributed by atoms with van der Waals surface area (Å²) in [4.78, 5) is 22.0. The van der Waals surface area contributed by atoms with Gasteiger partial charge in [0.15, 0.2) is 0 Å². The summed E-state index contributed by atoms with van der Waals surface area (Å²) < 4.78 is 0. The maximum atomic E-state index is 11.6. The van der Waals surface area contributed by atoms with E-state index < -0.39 is 11.9 Å². The van der Waals surface area contributed by atoms with Crippen LogP contribution in [0, 0.1) is 0 Å². The summed E-state index contributed by atoms with van der Waals surface area (Å²) in [5.74, 6) is -1.42. The van der Waals surface area contributed by atoms with E-state index in [0.717, 1.165) is 34.4 Å². The van der Waals surface area contributed by atoms with Crippen LogP contribution >= 0.6 is 0 Å². The molecule has 1 aliphatic rings. The zero-order chi connectivity index (χ0) is 15.7. The molecule has 3 rings (SSSR count). The van der Waals surface area contributed by atoms with Gasteiger partial charge in [0.25, 0.3) is 0 Å². The SMILES string of the molecule is O=C(O)C=CC(=O)Nc1ccc2c(c1)Cc1cc(O)ccc1-2. The number of phenols is 1. The van der Waals surface area contributed by atoms with Crippen molar-refractivity contribution in [3.63, 3.8) is 0 Å². The van der Waals surface area contributed by atoms with Gasteiger partial charge in [-0.2, -0.15) is 0 Å². The molecule has 0 aromatic heterocycles. The van der Waals surface area contributed by atoms with Crippen molar-refractivity contribution in [1.29, 1.82) is 0 Å². The van der Waals surface area contributed by atoms with Crippen LogP contribution < -0.4 is 5.32 Å². The summed E-state index contributed by atoms with van der Waals surface area (Å²) in [6.45, 7) is 0. The number of rotatable bonds is 3. The maximum absolute atomic E-state index is 11.6. The molecule has 2 aromatic carbocycles. The highest BCUT2D eigenvalue weighted by molar-refractivity contribution is 6.02. The number of benzene rings is 2. The van der Waals surface area contributed by atoms with Crippen LogP contribution in [0.2, 0.25) is 0 Å². The van der Waals surface area contributed by atoms with Crippen LogP contribution in [0.4, 0.5) is 5.69 Å². The van der Waals surface area contributed by atoms with Crippen LogP contribution in [-0.4, -0.2) is 22.1 Å². The normalized spacial score (nSPS) is 12.0. The van der Waals surface area contributed by atoms with Crippen LogP contribution in [-0.2, 0) is 16.0 Å². The lowest BCUT2D eigenvalue weighted by atomic mass is 10.1. The van der Waals surface area contributed by atoms with E-state index >= 15 is 0 Å². The lowest BCUT2D eigenvalue weighted by molar-refractivity contribution is -0.131. The van der Waals surface area contributed by atoms with Gasteiger partial charge in [0.1, 0.15) is 5.75 Å². The molecule has 5 heteroatoms. The van der Waals surface area contributed by atoms with Crippen LogP contribution in [0.25, 0.3) is 11.1 Å². The first-order valence-electron chi connectivity index (χ1n) is 6.70. The van der Waals surface area contributed by atoms with Gasteiger partial charge in [-0.25, -0.2) is 4.79 Å². The number of anilines is 1. The molecule has 3 N–H and O–H groups in total. The molecule has 0 heterocycles. The number of nitrogens with one attached hydrogen (secondary N) is 1. The molecule has 0 fully saturated rings. The van der Waals surface area contributed by atoms with E-state index in [4.69, 9.17) is 5.11 Å². The van der Waals surface area contributed by atoms with Gasteiger partial charge in [-0.1, -0.05) is 12.1 Å². The molecule has 0 spiro atoms. The van der Waals surface area contributed by atoms with Crippen LogP contribution in [0.5, 0.6) is 5.75 Å². The third-order valence-corrected chi connectivity index (χ3v) is 3.51. The standard InChI is InChI=1S/C17H13NO4/c19-13-2-4-15-11(9-13)7-10-8-12(1-3-14(10)15)18-16(20)5-6-17(21)22/h1-6,8-9,19H,7H2,(H,18,20)(H,21,22).